The van der Waals surface area contributed by atoms with E-state index in [1.165, 1.54) is 17.8 Å². The van der Waals surface area contributed by atoms with Crippen LogP contribution in [0.25, 0.3) is 0 Å². The molecule has 7 nitrogen and oxygen atoms in total. The van der Waals surface area contributed by atoms with Crippen LogP contribution < -0.4 is 11.1 Å². The van der Waals surface area contributed by atoms with E-state index in [9.17, 15) is 14.0 Å². The van der Waals surface area contributed by atoms with Crippen LogP contribution in [0.2, 0.25) is 0 Å². The average molecular weight is 391 g/mol. The fourth-order valence-corrected chi connectivity index (χ4v) is 3.41. The first kappa shape index (κ1) is 19.3. The molecule has 9 heteroatoms. The van der Waals surface area contributed by atoms with Gasteiger partial charge in [0.2, 0.25) is 11.8 Å². The van der Waals surface area contributed by atoms with Gasteiger partial charge in [-0.15, -0.1) is 10.2 Å². The van der Waals surface area contributed by atoms with Crippen LogP contribution in [0.4, 0.5) is 4.39 Å². The average Bonchev–Trinajstić information content (AvgIpc) is 3.39. The second kappa shape index (κ2) is 8.51. The van der Waals surface area contributed by atoms with Gasteiger partial charge in [0, 0.05) is 25.4 Å². The lowest BCUT2D eigenvalue weighted by Gasteiger charge is -2.09. The lowest BCUT2D eigenvalue weighted by atomic mass is 10.1. The minimum absolute atomic E-state index is 0.160. The van der Waals surface area contributed by atoms with Crippen molar-refractivity contribution in [2.45, 2.75) is 50.4 Å². The van der Waals surface area contributed by atoms with E-state index in [4.69, 9.17) is 5.73 Å². The summed E-state index contributed by atoms with van der Waals surface area (Å²) in [5.74, 6) is 0.543. The molecule has 0 saturated heterocycles. The zero-order valence-electron chi connectivity index (χ0n) is 15.1. The summed E-state index contributed by atoms with van der Waals surface area (Å²) in [6.07, 6.45) is 2.33. The third kappa shape index (κ3) is 5.29. The zero-order valence-corrected chi connectivity index (χ0v) is 15.9. The normalized spacial score (nSPS) is 13.6. The van der Waals surface area contributed by atoms with Gasteiger partial charge in [0.05, 0.1) is 5.75 Å². The second-order valence-electron chi connectivity index (χ2n) is 6.63. The van der Waals surface area contributed by atoms with E-state index in [1.54, 1.807) is 19.1 Å². The standard InChI is InChI=1S/C18H22FN5O2S/c1-11-2-3-12(8-14(11)19)9-21-16(26)10-27-18-23-22-17(13-4-5-13)24(18)7-6-15(20)25/h2-3,8,13H,4-7,9-10H2,1H3,(H2,20,25)(H,21,26). The molecule has 2 aromatic rings. The van der Waals surface area contributed by atoms with Gasteiger partial charge in [-0.1, -0.05) is 23.9 Å². The fourth-order valence-electron chi connectivity index (χ4n) is 2.61. The molecule has 1 fully saturated rings. The van der Waals surface area contributed by atoms with Crippen molar-refractivity contribution in [3.8, 4) is 0 Å². The van der Waals surface area contributed by atoms with E-state index >= 15 is 0 Å². The molecule has 1 aliphatic rings. The van der Waals surface area contributed by atoms with Crippen molar-refractivity contribution in [1.29, 1.82) is 0 Å². The Morgan fingerprint density at radius 1 is 1.37 bits per heavy atom. The number of hydrogen-bond acceptors (Lipinski definition) is 5. The number of benzene rings is 1. The molecule has 1 aliphatic carbocycles. The lowest BCUT2D eigenvalue weighted by Crippen LogP contribution is -2.25. The van der Waals surface area contributed by atoms with Crippen molar-refractivity contribution in [3.05, 3.63) is 41.0 Å². The summed E-state index contributed by atoms with van der Waals surface area (Å²) in [6.45, 7) is 2.37. The molecular weight excluding hydrogens is 369 g/mol. The summed E-state index contributed by atoms with van der Waals surface area (Å²) in [4.78, 5) is 23.2. The summed E-state index contributed by atoms with van der Waals surface area (Å²) >= 11 is 1.26. The molecule has 144 valence electrons. The number of carbonyl (C=O) groups excluding carboxylic acids is 2. The summed E-state index contributed by atoms with van der Waals surface area (Å²) in [7, 11) is 0. The SMILES string of the molecule is Cc1ccc(CNC(=O)CSc2nnc(C3CC3)n2CCC(N)=O)cc1F. The molecular formula is C18H22FN5O2S. The molecule has 0 atom stereocenters. The van der Waals surface area contributed by atoms with Gasteiger partial charge in [-0.3, -0.25) is 9.59 Å². The first-order chi connectivity index (χ1) is 12.9. The maximum atomic E-state index is 13.6. The Labute approximate surface area is 160 Å². The highest BCUT2D eigenvalue weighted by Crippen LogP contribution is 2.40. The zero-order chi connectivity index (χ0) is 19.4. The summed E-state index contributed by atoms with van der Waals surface area (Å²) < 4.78 is 15.4. The van der Waals surface area contributed by atoms with Crippen molar-refractivity contribution in [1.82, 2.24) is 20.1 Å². The van der Waals surface area contributed by atoms with Crippen LogP contribution in [-0.4, -0.2) is 32.3 Å². The van der Waals surface area contributed by atoms with Gasteiger partial charge in [-0.2, -0.15) is 0 Å². The van der Waals surface area contributed by atoms with Gasteiger partial charge < -0.3 is 15.6 Å². The second-order valence-corrected chi connectivity index (χ2v) is 7.57. The van der Waals surface area contributed by atoms with E-state index in [0.717, 1.165) is 18.7 Å². The van der Waals surface area contributed by atoms with E-state index in [1.807, 2.05) is 4.57 Å². The summed E-state index contributed by atoms with van der Waals surface area (Å²) in [5.41, 5.74) is 6.52. The topological polar surface area (TPSA) is 103 Å². The Morgan fingerprint density at radius 2 is 2.15 bits per heavy atom. The first-order valence-electron chi connectivity index (χ1n) is 8.80. The van der Waals surface area contributed by atoms with Gasteiger partial charge >= 0.3 is 0 Å². The Kier molecular flexibility index (Phi) is 6.10. The maximum absolute atomic E-state index is 13.6. The molecule has 0 unspecified atom stereocenters. The summed E-state index contributed by atoms with van der Waals surface area (Å²) in [6, 6.07) is 4.89. The molecule has 1 heterocycles. The Morgan fingerprint density at radius 3 is 2.81 bits per heavy atom. The van der Waals surface area contributed by atoms with E-state index in [0.29, 0.717) is 28.7 Å². The number of nitrogens with zero attached hydrogens (tertiary/aromatic N) is 3. The molecule has 2 amide bonds. The quantitative estimate of drug-likeness (QED) is 0.636. The number of primary amides is 1. The van der Waals surface area contributed by atoms with Gasteiger partial charge in [-0.25, -0.2) is 4.39 Å². The molecule has 1 aromatic heterocycles. The Balaban J connectivity index is 1.54. The number of hydrogen-bond donors (Lipinski definition) is 2. The maximum Gasteiger partial charge on any atom is 0.230 e. The number of carbonyl (C=O) groups is 2. The molecule has 3 rings (SSSR count). The van der Waals surface area contributed by atoms with E-state index in [-0.39, 0.29) is 36.4 Å². The lowest BCUT2D eigenvalue weighted by molar-refractivity contribution is -0.119. The van der Waals surface area contributed by atoms with Gasteiger partial charge in [-0.05, 0) is 37.0 Å². The molecule has 27 heavy (non-hydrogen) atoms. The van der Waals surface area contributed by atoms with Crippen LogP contribution in [0, 0.1) is 12.7 Å². The first-order valence-corrected chi connectivity index (χ1v) is 9.78. The monoisotopic (exact) mass is 391 g/mol. The van der Waals surface area contributed by atoms with Gasteiger partial charge in [0.15, 0.2) is 5.16 Å². The molecule has 0 aliphatic heterocycles. The third-order valence-corrected chi connectivity index (χ3v) is 5.29. The summed E-state index contributed by atoms with van der Waals surface area (Å²) in [5, 5.41) is 11.7. The smallest absolute Gasteiger partial charge is 0.230 e. The predicted molar refractivity (Wildman–Crippen MR) is 99.5 cm³/mol. The molecule has 3 N–H and O–H groups in total. The number of aromatic nitrogens is 3. The van der Waals surface area contributed by atoms with Gasteiger partial charge in [0.25, 0.3) is 0 Å². The number of amides is 2. The van der Waals surface area contributed by atoms with Crippen LogP contribution >= 0.6 is 11.8 Å². The number of thioether (sulfide) groups is 1. The van der Waals surface area contributed by atoms with Crippen LogP contribution in [0.15, 0.2) is 23.4 Å². The van der Waals surface area contributed by atoms with Crippen LogP contribution in [0.3, 0.4) is 0 Å². The fraction of sp³-hybridized carbons (Fsp3) is 0.444. The van der Waals surface area contributed by atoms with Crippen molar-refractivity contribution in [2.24, 2.45) is 5.73 Å². The third-order valence-electron chi connectivity index (χ3n) is 4.33. The van der Waals surface area contributed by atoms with Crippen molar-refractivity contribution < 1.29 is 14.0 Å². The number of halogens is 1. The van der Waals surface area contributed by atoms with Crippen molar-refractivity contribution in [3.63, 3.8) is 0 Å². The van der Waals surface area contributed by atoms with E-state index in [2.05, 4.69) is 15.5 Å². The highest BCUT2D eigenvalue weighted by molar-refractivity contribution is 7.99. The largest absolute Gasteiger partial charge is 0.370 e. The highest BCUT2D eigenvalue weighted by Gasteiger charge is 2.30. The van der Waals surface area contributed by atoms with Crippen molar-refractivity contribution in [2.75, 3.05) is 5.75 Å². The molecule has 0 bridgehead atoms. The number of rotatable bonds is 9. The molecule has 0 radical (unpaired) electrons. The Bertz CT molecular complexity index is 850. The minimum Gasteiger partial charge on any atom is -0.370 e. The number of nitrogens with two attached hydrogens (primary N) is 1. The molecule has 1 saturated carbocycles. The number of nitrogens with one attached hydrogen (secondary N) is 1. The van der Waals surface area contributed by atoms with Crippen LogP contribution in [0.1, 0.15) is 42.1 Å². The number of aryl methyl sites for hydroxylation is 1. The van der Waals surface area contributed by atoms with Crippen molar-refractivity contribution >= 4 is 23.6 Å². The van der Waals surface area contributed by atoms with E-state index < -0.39 is 0 Å². The minimum atomic E-state index is -0.385. The van der Waals surface area contributed by atoms with Gasteiger partial charge in [0.1, 0.15) is 11.6 Å². The predicted octanol–water partition coefficient (Wildman–Crippen LogP) is 1.89. The molecule has 1 aromatic carbocycles. The Hall–Kier alpha value is -2.42. The van der Waals surface area contributed by atoms with Crippen LogP contribution in [-0.2, 0) is 22.7 Å². The molecule has 0 spiro atoms. The highest BCUT2D eigenvalue weighted by atomic mass is 32.2. The van der Waals surface area contributed by atoms with Crippen LogP contribution in [0.5, 0.6) is 0 Å².